The first-order chi connectivity index (χ1) is 8.49. The van der Waals surface area contributed by atoms with Gasteiger partial charge in [-0.3, -0.25) is 0 Å². The maximum absolute atomic E-state index is 10.8. The molecular formula is C14H21NO2S. The van der Waals surface area contributed by atoms with Crippen LogP contribution in [0.15, 0.2) is 11.4 Å². The number of aromatic carboxylic acids is 1. The SMILES string of the molecule is CC1(C)CCCCC1NCc1cc(C(=O)O)cs1. The van der Waals surface area contributed by atoms with Gasteiger partial charge < -0.3 is 10.4 Å². The molecule has 1 atom stereocenters. The molecule has 1 fully saturated rings. The normalized spacial score (nSPS) is 22.9. The Balaban J connectivity index is 1.92. The second-order valence-electron chi connectivity index (χ2n) is 5.77. The Kier molecular flexibility index (Phi) is 4.07. The van der Waals surface area contributed by atoms with Crippen LogP contribution in [0.3, 0.4) is 0 Å². The summed E-state index contributed by atoms with van der Waals surface area (Å²) in [4.78, 5) is 11.9. The molecule has 1 heterocycles. The van der Waals surface area contributed by atoms with Crippen LogP contribution in [0.2, 0.25) is 0 Å². The molecule has 18 heavy (non-hydrogen) atoms. The molecule has 2 rings (SSSR count). The Morgan fingerprint density at radius 3 is 2.94 bits per heavy atom. The van der Waals surface area contributed by atoms with E-state index in [1.54, 1.807) is 11.4 Å². The number of hydrogen-bond acceptors (Lipinski definition) is 3. The van der Waals surface area contributed by atoms with Gasteiger partial charge in [0.25, 0.3) is 0 Å². The third-order valence-electron chi connectivity index (χ3n) is 3.93. The van der Waals surface area contributed by atoms with E-state index in [4.69, 9.17) is 5.11 Å². The van der Waals surface area contributed by atoms with E-state index in [1.165, 1.54) is 37.0 Å². The quantitative estimate of drug-likeness (QED) is 0.877. The van der Waals surface area contributed by atoms with Crippen LogP contribution in [0.25, 0.3) is 0 Å². The van der Waals surface area contributed by atoms with Gasteiger partial charge in [0, 0.05) is 22.8 Å². The van der Waals surface area contributed by atoms with Crippen molar-refractivity contribution in [2.75, 3.05) is 0 Å². The minimum absolute atomic E-state index is 0.352. The Bertz CT molecular complexity index is 425. The van der Waals surface area contributed by atoms with Gasteiger partial charge >= 0.3 is 5.97 Å². The lowest BCUT2D eigenvalue weighted by molar-refractivity contribution is 0.0697. The average molecular weight is 267 g/mol. The molecule has 0 aromatic carbocycles. The first-order valence-electron chi connectivity index (χ1n) is 6.53. The zero-order chi connectivity index (χ0) is 13.2. The molecule has 4 heteroatoms. The molecule has 1 aliphatic carbocycles. The van der Waals surface area contributed by atoms with E-state index in [0.717, 1.165) is 11.4 Å². The smallest absolute Gasteiger partial charge is 0.336 e. The Labute approximate surface area is 112 Å². The van der Waals surface area contributed by atoms with Crippen LogP contribution in [0.5, 0.6) is 0 Å². The van der Waals surface area contributed by atoms with Crippen molar-refractivity contribution in [1.29, 1.82) is 0 Å². The van der Waals surface area contributed by atoms with Gasteiger partial charge in [-0.2, -0.15) is 0 Å². The predicted octanol–water partition coefficient (Wildman–Crippen LogP) is 3.50. The average Bonchev–Trinajstić information content (AvgIpc) is 2.76. The van der Waals surface area contributed by atoms with Gasteiger partial charge in [0.15, 0.2) is 0 Å². The fraction of sp³-hybridized carbons (Fsp3) is 0.643. The molecule has 1 aromatic rings. The van der Waals surface area contributed by atoms with Crippen LogP contribution in [-0.2, 0) is 6.54 Å². The molecule has 1 unspecified atom stereocenters. The summed E-state index contributed by atoms with van der Waals surface area (Å²) in [5, 5.41) is 14.2. The van der Waals surface area contributed by atoms with E-state index in [-0.39, 0.29) is 0 Å². The number of thiophene rings is 1. The third kappa shape index (κ3) is 3.12. The molecule has 0 bridgehead atoms. The van der Waals surface area contributed by atoms with E-state index < -0.39 is 5.97 Å². The highest BCUT2D eigenvalue weighted by Crippen LogP contribution is 2.35. The van der Waals surface area contributed by atoms with Crippen LogP contribution in [-0.4, -0.2) is 17.1 Å². The highest BCUT2D eigenvalue weighted by Gasteiger charge is 2.31. The van der Waals surface area contributed by atoms with Gasteiger partial charge in [0.2, 0.25) is 0 Å². The molecule has 100 valence electrons. The fourth-order valence-corrected chi connectivity index (χ4v) is 3.49. The van der Waals surface area contributed by atoms with Gasteiger partial charge in [0.1, 0.15) is 0 Å². The minimum Gasteiger partial charge on any atom is -0.478 e. The number of carbonyl (C=O) groups is 1. The Morgan fingerprint density at radius 2 is 2.33 bits per heavy atom. The standard InChI is InChI=1S/C14H21NO2S/c1-14(2)6-4-3-5-12(14)15-8-11-7-10(9-18-11)13(16)17/h7,9,12,15H,3-6,8H2,1-2H3,(H,16,17). The summed E-state index contributed by atoms with van der Waals surface area (Å²) in [5.41, 5.74) is 0.755. The van der Waals surface area contributed by atoms with E-state index in [0.29, 0.717) is 17.0 Å². The van der Waals surface area contributed by atoms with Gasteiger partial charge in [-0.15, -0.1) is 11.3 Å². The molecule has 0 radical (unpaired) electrons. The van der Waals surface area contributed by atoms with E-state index in [1.807, 2.05) is 0 Å². The number of carboxylic acids is 1. The van der Waals surface area contributed by atoms with Crippen molar-refractivity contribution in [2.24, 2.45) is 5.41 Å². The van der Waals surface area contributed by atoms with E-state index >= 15 is 0 Å². The number of carboxylic acid groups (broad SMARTS) is 1. The second kappa shape index (κ2) is 5.41. The number of nitrogens with one attached hydrogen (secondary N) is 1. The molecule has 0 spiro atoms. The molecule has 1 saturated carbocycles. The largest absolute Gasteiger partial charge is 0.478 e. The fourth-order valence-electron chi connectivity index (χ4n) is 2.68. The lowest BCUT2D eigenvalue weighted by Gasteiger charge is -2.39. The van der Waals surface area contributed by atoms with Crippen LogP contribution >= 0.6 is 11.3 Å². The Hall–Kier alpha value is -0.870. The topological polar surface area (TPSA) is 49.3 Å². The summed E-state index contributed by atoms with van der Waals surface area (Å²) in [6.07, 6.45) is 5.12. The van der Waals surface area contributed by atoms with Crippen LogP contribution < -0.4 is 5.32 Å². The monoisotopic (exact) mass is 267 g/mol. The molecule has 0 amide bonds. The van der Waals surface area contributed by atoms with Crippen molar-refractivity contribution in [2.45, 2.75) is 52.1 Å². The lowest BCUT2D eigenvalue weighted by atomic mass is 9.73. The van der Waals surface area contributed by atoms with Crippen LogP contribution in [0.4, 0.5) is 0 Å². The van der Waals surface area contributed by atoms with E-state index in [9.17, 15) is 4.79 Å². The van der Waals surface area contributed by atoms with Gasteiger partial charge in [-0.1, -0.05) is 26.7 Å². The van der Waals surface area contributed by atoms with Crippen molar-refractivity contribution in [1.82, 2.24) is 5.32 Å². The molecule has 0 aliphatic heterocycles. The molecule has 1 aromatic heterocycles. The zero-order valence-electron chi connectivity index (χ0n) is 11.0. The molecule has 1 aliphatic rings. The summed E-state index contributed by atoms with van der Waals surface area (Å²) in [6, 6.07) is 2.32. The zero-order valence-corrected chi connectivity index (χ0v) is 11.8. The first kappa shape index (κ1) is 13.6. The van der Waals surface area contributed by atoms with Crippen molar-refractivity contribution in [3.63, 3.8) is 0 Å². The summed E-state index contributed by atoms with van der Waals surface area (Å²) in [7, 11) is 0. The summed E-state index contributed by atoms with van der Waals surface area (Å²) in [5.74, 6) is -0.838. The maximum atomic E-state index is 10.8. The summed E-state index contributed by atoms with van der Waals surface area (Å²) < 4.78 is 0. The van der Waals surface area contributed by atoms with Crippen molar-refractivity contribution >= 4 is 17.3 Å². The molecular weight excluding hydrogens is 246 g/mol. The Morgan fingerprint density at radius 1 is 1.56 bits per heavy atom. The maximum Gasteiger partial charge on any atom is 0.336 e. The van der Waals surface area contributed by atoms with Crippen LogP contribution in [0.1, 0.15) is 54.8 Å². The van der Waals surface area contributed by atoms with Gasteiger partial charge in [0.05, 0.1) is 5.56 Å². The molecule has 2 N–H and O–H groups in total. The van der Waals surface area contributed by atoms with Gasteiger partial charge in [-0.25, -0.2) is 4.79 Å². The van der Waals surface area contributed by atoms with Crippen LogP contribution in [0, 0.1) is 5.41 Å². The highest BCUT2D eigenvalue weighted by molar-refractivity contribution is 7.10. The summed E-state index contributed by atoms with van der Waals surface area (Å²) in [6.45, 7) is 5.42. The van der Waals surface area contributed by atoms with Crippen molar-refractivity contribution in [3.8, 4) is 0 Å². The van der Waals surface area contributed by atoms with Gasteiger partial charge in [-0.05, 0) is 24.3 Å². The molecule has 3 nitrogen and oxygen atoms in total. The minimum atomic E-state index is -0.838. The highest BCUT2D eigenvalue weighted by atomic mass is 32.1. The van der Waals surface area contributed by atoms with E-state index in [2.05, 4.69) is 19.2 Å². The predicted molar refractivity (Wildman–Crippen MR) is 74.2 cm³/mol. The van der Waals surface area contributed by atoms with Crippen molar-refractivity contribution < 1.29 is 9.90 Å². The summed E-state index contributed by atoms with van der Waals surface area (Å²) >= 11 is 1.52. The lowest BCUT2D eigenvalue weighted by Crippen LogP contribution is -2.43. The van der Waals surface area contributed by atoms with Crippen molar-refractivity contribution in [3.05, 3.63) is 21.9 Å². The third-order valence-corrected chi connectivity index (χ3v) is 4.87. The first-order valence-corrected chi connectivity index (χ1v) is 7.41. The number of rotatable bonds is 4. The number of hydrogen-bond donors (Lipinski definition) is 2. The molecule has 0 saturated heterocycles. The second-order valence-corrected chi connectivity index (χ2v) is 6.77.